The molecular weight excluding hydrogens is 296 g/mol. The lowest BCUT2D eigenvalue weighted by Gasteiger charge is -2.18. The van der Waals surface area contributed by atoms with Crippen LogP contribution in [-0.2, 0) is 28.2 Å². The number of benzene rings is 1. The Kier molecular flexibility index (Phi) is 3.86. The van der Waals surface area contributed by atoms with Crippen LogP contribution < -0.4 is 9.36 Å². The fraction of sp³-hybridized carbons (Fsp3) is 0.400. The minimum Gasteiger partial charge on any atom is -0.164 e. The molecule has 4 nitrogen and oxygen atoms in total. The van der Waals surface area contributed by atoms with E-state index in [4.69, 9.17) is 0 Å². The Hall–Kier alpha value is -2.36. The number of aryl methyl sites for hydroxylation is 4. The largest absolute Gasteiger partial charge is 0.203 e. The van der Waals surface area contributed by atoms with E-state index in [9.17, 15) is 0 Å². The Morgan fingerprint density at radius 3 is 1.12 bits per heavy atom. The zero-order valence-corrected chi connectivity index (χ0v) is 16.1. The van der Waals surface area contributed by atoms with Gasteiger partial charge in [-0.15, -0.1) is 9.36 Å². The molecular formula is C20H28N4+2. The highest BCUT2D eigenvalue weighted by Gasteiger charge is 2.22. The molecule has 3 rings (SSSR count). The molecule has 0 saturated carbocycles. The van der Waals surface area contributed by atoms with Crippen molar-refractivity contribution in [2.24, 2.45) is 28.2 Å². The summed E-state index contributed by atoms with van der Waals surface area (Å²) >= 11 is 0. The molecule has 0 N–H and O–H groups in total. The van der Waals surface area contributed by atoms with Crippen molar-refractivity contribution in [2.45, 2.75) is 27.7 Å². The van der Waals surface area contributed by atoms with Crippen molar-refractivity contribution in [1.82, 2.24) is 9.36 Å². The van der Waals surface area contributed by atoms with Crippen LogP contribution in [0.5, 0.6) is 0 Å². The van der Waals surface area contributed by atoms with Gasteiger partial charge in [-0.05, 0) is 61.1 Å². The zero-order valence-electron chi connectivity index (χ0n) is 16.1. The molecule has 1 aromatic carbocycles. The lowest BCUT2D eigenvalue weighted by molar-refractivity contribution is -0.751. The first-order valence-electron chi connectivity index (χ1n) is 8.38. The number of hydrogen-bond donors (Lipinski definition) is 0. The summed E-state index contributed by atoms with van der Waals surface area (Å²) < 4.78 is 8.46. The van der Waals surface area contributed by atoms with Crippen LogP contribution in [0.15, 0.2) is 24.8 Å². The first-order valence-corrected chi connectivity index (χ1v) is 8.38. The van der Waals surface area contributed by atoms with Crippen LogP contribution in [0.3, 0.4) is 0 Å². The molecule has 0 atom stereocenters. The molecule has 0 aliphatic heterocycles. The summed E-state index contributed by atoms with van der Waals surface area (Å²) in [6.45, 7) is 8.99. The van der Waals surface area contributed by atoms with Gasteiger partial charge < -0.3 is 0 Å². The van der Waals surface area contributed by atoms with E-state index in [-0.39, 0.29) is 0 Å². The van der Waals surface area contributed by atoms with Gasteiger partial charge in [0.05, 0.1) is 37.6 Å². The minimum atomic E-state index is 1.28. The number of nitrogens with zero attached hydrogens (tertiary/aromatic N) is 4. The monoisotopic (exact) mass is 324 g/mol. The van der Waals surface area contributed by atoms with Crippen LogP contribution in [0.25, 0.3) is 22.3 Å². The number of rotatable bonds is 2. The molecule has 24 heavy (non-hydrogen) atoms. The van der Waals surface area contributed by atoms with E-state index < -0.39 is 0 Å². The lowest BCUT2D eigenvalue weighted by atomic mass is 9.85. The molecule has 0 aliphatic carbocycles. The van der Waals surface area contributed by atoms with Gasteiger partial charge in [0.25, 0.3) is 0 Å². The maximum absolute atomic E-state index is 2.25. The maximum Gasteiger partial charge on any atom is 0.203 e. The van der Waals surface area contributed by atoms with E-state index in [2.05, 4.69) is 99.4 Å². The average molecular weight is 324 g/mol. The first kappa shape index (κ1) is 16.5. The van der Waals surface area contributed by atoms with Gasteiger partial charge in [0.15, 0.2) is 14.1 Å². The Morgan fingerprint density at radius 2 is 0.917 bits per heavy atom. The van der Waals surface area contributed by atoms with E-state index in [1.54, 1.807) is 0 Å². The van der Waals surface area contributed by atoms with Gasteiger partial charge in [-0.1, -0.05) is 0 Å². The second kappa shape index (κ2) is 5.62. The van der Waals surface area contributed by atoms with Gasteiger partial charge in [-0.25, -0.2) is 0 Å². The second-order valence-corrected chi connectivity index (χ2v) is 6.97. The number of hydrogen-bond acceptors (Lipinski definition) is 0. The van der Waals surface area contributed by atoms with Gasteiger partial charge in [-0.3, -0.25) is 0 Å². The SMILES string of the molecule is Cc1c(C)c(-c2cn(C)[n+](C)c2)c(C)c(C)c1-c1cn(C)[n+](C)c1. The van der Waals surface area contributed by atoms with Crippen molar-refractivity contribution in [3.8, 4) is 22.3 Å². The predicted molar refractivity (Wildman–Crippen MR) is 96.6 cm³/mol. The summed E-state index contributed by atoms with van der Waals surface area (Å²) in [6.07, 6.45) is 8.82. The van der Waals surface area contributed by atoms with Crippen molar-refractivity contribution in [3.63, 3.8) is 0 Å². The molecule has 2 heterocycles. The molecule has 0 fully saturated rings. The summed E-state index contributed by atoms with van der Waals surface area (Å²) in [5, 5.41) is 0. The standard InChI is InChI=1S/C20H28N4/c1-13-14(2)20(18-11-23(7)24(8)12-18)16(4)15(3)19(13)17-9-21(5)22(6)10-17/h9-12H,1-8H3/q+2. The maximum atomic E-state index is 2.25. The third-order valence-electron chi connectivity index (χ3n) is 5.50. The Bertz CT molecular complexity index is 796. The highest BCUT2D eigenvalue weighted by atomic mass is 15.4. The minimum absolute atomic E-state index is 1.28. The fourth-order valence-corrected chi connectivity index (χ4v) is 3.67. The lowest BCUT2D eigenvalue weighted by Crippen LogP contribution is -2.35. The number of aromatic nitrogens is 4. The predicted octanol–water partition coefficient (Wildman–Crippen LogP) is 2.58. The molecule has 0 unspecified atom stereocenters. The van der Waals surface area contributed by atoms with Crippen molar-refractivity contribution in [2.75, 3.05) is 0 Å². The van der Waals surface area contributed by atoms with Crippen LogP contribution >= 0.6 is 0 Å². The van der Waals surface area contributed by atoms with E-state index in [1.165, 1.54) is 44.5 Å². The molecule has 0 bridgehead atoms. The van der Waals surface area contributed by atoms with Gasteiger partial charge in [0.2, 0.25) is 12.4 Å². The highest BCUT2D eigenvalue weighted by Crippen LogP contribution is 2.38. The van der Waals surface area contributed by atoms with Crippen molar-refractivity contribution in [1.29, 1.82) is 0 Å². The Balaban J connectivity index is 2.29. The molecule has 3 aromatic rings. The van der Waals surface area contributed by atoms with Crippen molar-refractivity contribution in [3.05, 3.63) is 47.0 Å². The molecule has 0 aliphatic rings. The third kappa shape index (κ3) is 2.37. The topological polar surface area (TPSA) is 17.6 Å². The summed E-state index contributed by atoms with van der Waals surface area (Å²) in [5.74, 6) is 0. The van der Waals surface area contributed by atoms with E-state index in [1.807, 2.05) is 0 Å². The average Bonchev–Trinajstić information content (AvgIpc) is 3.01. The van der Waals surface area contributed by atoms with Gasteiger partial charge in [0.1, 0.15) is 0 Å². The summed E-state index contributed by atoms with van der Waals surface area (Å²) in [6, 6.07) is 0. The second-order valence-electron chi connectivity index (χ2n) is 6.97. The van der Waals surface area contributed by atoms with Crippen LogP contribution in [-0.4, -0.2) is 9.36 Å². The third-order valence-corrected chi connectivity index (χ3v) is 5.50. The Morgan fingerprint density at radius 1 is 0.625 bits per heavy atom. The summed E-state index contributed by atoms with van der Waals surface area (Å²) in [7, 11) is 8.30. The molecule has 0 spiro atoms. The molecule has 0 amide bonds. The van der Waals surface area contributed by atoms with Crippen LogP contribution in [0, 0.1) is 27.7 Å². The molecule has 2 aromatic heterocycles. The molecule has 0 saturated heterocycles. The quantitative estimate of drug-likeness (QED) is 0.645. The van der Waals surface area contributed by atoms with Crippen LogP contribution in [0.1, 0.15) is 22.3 Å². The van der Waals surface area contributed by atoms with E-state index in [0.717, 1.165) is 0 Å². The molecule has 4 heteroatoms. The van der Waals surface area contributed by atoms with E-state index in [0.29, 0.717) is 0 Å². The van der Waals surface area contributed by atoms with Crippen molar-refractivity contribution < 1.29 is 9.36 Å². The fourth-order valence-electron chi connectivity index (χ4n) is 3.67. The van der Waals surface area contributed by atoms with Crippen LogP contribution in [0.4, 0.5) is 0 Å². The van der Waals surface area contributed by atoms with E-state index >= 15 is 0 Å². The molecule has 0 radical (unpaired) electrons. The highest BCUT2D eigenvalue weighted by molar-refractivity contribution is 5.81. The van der Waals surface area contributed by atoms with Crippen molar-refractivity contribution >= 4 is 0 Å². The molecule has 126 valence electrons. The smallest absolute Gasteiger partial charge is 0.164 e. The first-order chi connectivity index (χ1) is 11.2. The Labute approximate surface area is 144 Å². The summed E-state index contributed by atoms with van der Waals surface area (Å²) in [5.41, 5.74) is 10.8. The van der Waals surface area contributed by atoms with Gasteiger partial charge in [0, 0.05) is 0 Å². The van der Waals surface area contributed by atoms with Crippen LogP contribution in [0.2, 0.25) is 0 Å². The van der Waals surface area contributed by atoms with Gasteiger partial charge >= 0.3 is 0 Å². The van der Waals surface area contributed by atoms with Gasteiger partial charge in [-0.2, -0.15) is 9.36 Å². The zero-order chi connectivity index (χ0) is 17.8. The summed E-state index contributed by atoms with van der Waals surface area (Å²) in [4.78, 5) is 0. The normalized spacial score (nSPS) is 11.3.